The van der Waals surface area contributed by atoms with Crippen LogP contribution in [0.3, 0.4) is 0 Å². The summed E-state index contributed by atoms with van der Waals surface area (Å²) in [7, 11) is 0. The molecule has 1 aromatic heterocycles. The van der Waals surface area contributed by atoms with Gasteiger partial charge in [-0.1, -0.05) is 12.1 Å². The number of carbonyl (C=O) groups is 1. The lowest BCUT2D eigenvalue weighted by atomic mass is 10.2. The first-order valence-electron chi connectivity index (χ1n) is 6.55. The minimum atomic E-state index is -0.382. The van der Waals surface area contributed by atoms with E-state index in [1.54, 1.807) is 24.3 Å². The predicted octanol–water partition coefficient (Wildman–Crippen LogP) is 3.32. The highest BCUT2D eigenvalue weighted by Crippen LogP contribution is 2.20. The van der Waals surface area contributed by atoms with E-state index in [4.69, 9.17) is 9.15 Å². The van der Waals surface area contributed by atoms with Gasteiger partial charge in [0.2, 0.25) is 5.43 Å². The maximum absolute atomic E-state index is 13.1. The van der Waals surface area contributed by atoms with Crippen LogP contribution in [0.2, 0.25) is 0 Å². The molecule has 0 radical (unpaired) electrons. The van der Waals surface area contributed by atoms with Gasteiger partial charge < -0.3 is 9.15 Å². The number of carbonyl (C=O) groups excluding carboxylic acids is 1. The summed E-state index contributed by atoms with van der Waals surface area (Å²) in [5.41, 5.74) is 0.610. The van der Waals surface area contributed by atoms with Crippen LogP contribution >= 0.6 is 0 Å². The van der Waals surface area contributed by atoms with E-state index in [9.17, 15) is 14.0 Å². The van der Waals surface area contributed by atoms with Crippen LogP contribution in [-0.4, -0.2) is 6.29 Å². The molecule has 22 heavy (non-hydrogen) atoms. The number of ether oxygens (including phenoxy) is 1. The molecule has 0 bridgehead atoms. The average Bonchev–Trinajstić information content (AvgIpc) is 2.53. The van der Waals surface area contributed by atoms with Crippen molar-refractivity contribution in [1.29, 1.82) is 0 Å². The highest BCUT2D eigenvalue weighted by molar-refractivity contribution is 5.84. The second kappa shape index (κ2) is 5.81. The molecule has 2 aromatic carbocycles. The maximum atomic E-state index is 13.1. The predicted molar refractivity (Wildman–Crippen MR) is 78.6 cm³/mol. The first kappa shape index (κ1) is 14.0. The van der Waals surface area contributed by atoms with Crippen molar-refractivity contribution in [2.75, 3.05) is 0 Å². The Hall–Kier alpha value is -2.95. The Kier molecular flexibility index (Phi) is 3.70. The standard InChI is InChI=1S/C17H11FO4/c18-13-3-1-2-11(6-13)9-21-14-4-5-15-16(7-14)22-10-12(8-19)17(15)20/h1-8,10H,9H2. The second-order valence-electron chi connectivity index (χ2n) is 4.71. The number of hydrogen-bond acceptors (Lipinski definition) is 4. The normalized spacial score (nSPS) is 10.6. The molecule has 0 aliphatic heterocycles. The van der Waals surface area contributed by atoms with Gasteiger partial charge in [0.05, 0.1) is 10.9 Å². The summed E-state index contributed by atoms with van der Waals surface area (Å²) in [4.78, 5) is 22.6. The maximum Gasteiger partial charge on any atom is 0.203 e. The fourth-order valence-electron chi connectivity index (χ4n) is 2.09. The van der Waals surface area contributed by atoms with Crippen LogP contribution in [0, 0.1) is 5.82 Å². The fraction of sp³-hybridized carbons (Fsp3) is 0.0588. The van der Waals surface area contributed by atoms with E-state index in [1.807, 2.05) is 0 Å². The summed E-state index contributed by atoms with van der Waals surface area (Å²) in [6.45, 7) is 0.194. The Balaban J connectivity index is 1.86. The number of aldehydes is 1. The fourth-order valence-corrected chi connectivity index (χ4v) is 2.09. The quantitative estimate of drug-likeness (QED) is 0.693. The summed E-state index contributed by atoms with van der Waals surface area (Å²) in [5, 5.41) is 0.308. The van der Waals surface area contributed by atoms with Gasteiger partial charge in [0.25, 0.3) is 0 Å². The molecule has 0 saturated heterocycles. The molecule has 3 rings (SSSR count). The minimum absolute atomic E-state index is 0.0269. The van der Waals surface area contributed by atoms with E-state index in [0.717, 1.165) is 6.26 Å². The second-order valence-corrected chi connectivity index (χ2v) is 4.71. The molecule has 3 aromatic rings. The monoisotopic (exact) mass is 298 g/mol. The number of halogens is 1. The third kappa shape index (κ3) is 2.74. The molecule has 4 nitrogen and oxygen atoms in total. The zero-order valence-corrected chi connectivity index (χ0v) is 11.4. The van der Waals surface area contributed by atoms with E-state index in [2.05, 4.69) is 0 Å². The molecule has 0 aliphatic rings. The third-order valence-electron chi connectivity index (χ3n) is 3.19. The Morgan fingerprint density at radius 3 is 2.82 bits per heavy atom. The van der Waals surface area contributed by atoms with Crippen LogP contribution in [-0.2, 0) is 6.61 Å². The molecule has 0 amide bonds. The lowest BCUT2D eigenvalue weighted by molar-refractivity contribution is 0.112. The lowest BCUT2D eigenvalue weighted by Gasteiger charge is -2.07. The third-order valence-corrected chi connectivity index (χ3v) is 3.19. The van der Waals surface area contributed by atoms with Crippen molar-refractivity contribution in [3.63, 3.8) is 0 Å². The number of fused-ring (bicyclic) bond motifs is 1. The van der Waals surface area contributed by atoms with Crippen molar-refractivity contribution in [3.8, 4) is 5.75 Å². The zero-order valence-electron chi connectivity index (χ0n) is 11.4. The van der Waals surface area contributed by atoms with Crippen molar-refractivity contribution >= 4 is 17.3 Å². The Morgan fingerprint density at radius 1 is 1.18 bits per heavy atom. The Morgan fingerprint density at radius 2 is 2.05 bits per heavy atom. The highest BCUT2D eigenvalue weighted by atomic mass is 19.1. The molecule has 110 valence electrons. The summed E-state index contributed by atoms with van der Waals surface area (Å²) in [6.07, 6.45) is 1.58. The zero-order chi connectivity index (χ0) is 15.5. The summed E-state index contributed by atoms with van der Waals surface area (Å²) >= 11 is 0. The molecule has 1 heterocycles. The van der Waals surface area contributed by atoms with Gasteiger partial charge in [-0.3, -0.25) is 9.59 Å². The van der Waals surface area contributed by atoms with Crippen molar-refractivity contribution in [1.82, 2.24) is 0 Å². The molecule has 0 unspecified atom stereocenters. The van der Waals surface area contributed by atoms with E-state index >= 15 is 0 Å². The van der Waals surface area contributed by atoms with E-state index in [-0.39, 0.29) is 23.4 Å². The van der Waals surface area contributed by atoms with Gasteiger partial charge in [-0.2, -0.15) is 0 Å². The van der Waals surface area contributed by atoms with Crippen molar-refractivity contribution in [2.45, 2.75) is 6.61 Å². The van der Waals surface area contributed by atoms with E-state index in [0.29, 0.717) is 28.6 Å². The summed E-state index contributed by atoms with van der Waals surface area (Å²) in [6, 6.07) is 10.8. The van der Waals surface area contributed by atoms with Gasteiger partial charge in [0.1, 0.15) is 30.0 Å². The number of benzene rings is 2. The highest BCUT2D eigenvalue weighted by Gasteiger charge is 2.07. The largest absolute Gasteiger partial charge is 0.489 e. The smallest absolute Gasteiger partial charge is 0.203 e. The first-order valence-corrected chi connectivity index (χ1v) is 6.55. The van der Waals surface area contributed by atoms with E-state index in [1.165, 1.54) is 18.2 Å². The molecular formula is C17H11FO4. The molecule has 0 spiro atoms. The molecule has 0 atom stereocenters. The molecule has 0 N–H and O–H groups in total. The topological polar surface area (TPSA) is 56.5 Å². The summed E-state index contributed by atoms with van der Waals surface area (Å²) < 4.78 is 23.9. The van der Waals surface area contributed by atoms with E-state index < -0.39 is 0 Å². The SMILES string of the molecule is O=Cc1coc2cc(OCc3cccc(F)c3)ccc2c1=O. The van der Waals surface area contributed by atoms with Gasteiger partial charge in [-0.05, 0) is 29.8 Å². The Labute approximate surface area is 124 Å². The molecule has 0 fully saturated rings. The van der Waals surface area contributed by atoms with Crippen LogP contribution in [0.5, 0.6) is 5.75 Å². The van der Waals surface area contributed by atoms with Gasteiger partial charge >= 0.3 is 0 Å². The molecule has 0 saturated carbocycles. The average molecular weight is 298 g/mol. The van der Waals surface area contributed by atoms with Crippen molar-refractivity contribution < 1.29 is 18.3 Å². The number of hydrogen-bond donors (Lipinski definition) is 0. The molecule has 5 heteroatoms. The van der Waals surface area contributed by atoms with Crippen molar-refractivity contribution in [2.24, 2.45) is 0 Å². The molecule has 0 aliphatic carbocycles. The van der Waals surface area contributed by atoms with Crippen LogP contribution < -0.4 is 10.2 Å². The van der Waals surface area contributed by atoms with Crippen LogP contribution in [0.15, 0.2) is 57.9 Å². The van der Waals surface area contributed by atoms with Gasteiger partial charge in [0.15, 0.2) is 6.29 Å². The minimum Gasteiger partial charge on any atom is -0.489 e. The Bertz CT molecular complexity index is 899. The van der Waals surface area contributed by atoms with Gasteiger partial charge in [0, 0.05) is 6.07 Å². The van der Waals surface area contributed by atoms with Gasteiger partial charge in [-0.25, -0.2) is 4.39 Å². The summed E-state index contributed by atoms with van der Waals surface area (Å²) in [5.74, 6) is 0.158. The van der Waals surface area contributed by atoms with Crippen LogP contribution in [0.25, 0.3) is 11.0 Å². The van der Waals surface area contributed by atoms with Gasteiger partial charge in [-0.15, -0.1) is 0 Å². The van der Waals surface area contributed by atoms with Crippen molar-refractivity contribution in [3.05, 3.63) is 75.9 Å². The molecular weight excluding hydrogens is 287 g/mol. The van der Waals surface area contributed by atoms with Crippen LogP contribution in [0.1, 0.15) is 15.9 Å². The van der Waals surface area contributed by atoms with Crippen LogP contribution in [0.4, 0.5) is 4.39 Å². The first-order chi connectivity index (χ1) is 10.7. The number of rotatable bonds is 4. The lowest BCUT2D eigenvalue weighted by Crippen LogP contribution is -2.07.